The molecule has 0 N–H and O–H groups in total. The zero-order valence-corrected chi connectivity index (χ0v) is 19.9. The fourth-order valence-corrected chi connectivity index (χ4v) is 3.12. The Kier molecular flexibility index (Phi) is 9.93. The maximum atomic E-state index is 12.4. The van der Waals surface area contributed by atoms with Crippen LogP contribution in [0.3, 0.4) is 0 Å². The second-order valence-corrected chi connectivity index (χ2v) is 7.77. The molecule has 0 aliphatic carbocycles. The van der Waals surface area contributed by atoms with Crippen molar-refractivity contribution in [3.05, 3.63) is 102 Å². The van der Waals surface area contributed by atoms with E-state index in [0.717, 1.165) is 36.7 Å². The van der Waals surface area contributed by atoms with E-state index in [0.29, 0.717) is 36.9 Å². The summed E-state index contributed by atoms with van der Waals surface area (Å²) in [6.07, 6.45) is 3.60. The number of unbranched alkanes of at least 4 members (excludes halogenated alkanes) is 1. The predicted octanol–water partition coefficient (Wildman–Crippen LogP) is 5.94. The number of benzene rings is 3. The fraction of sp³-hybridized carbons (Fsp3) is 0.241. The molecule has 0 bridgehead atoms. The second kappa shape index (κ2) is 13.6. The van der Waals surface area contributed by atoms with E-state index in [1.165, 1.54) is 5.56 Å². The fourth-order valence-electron chi connectivity index (χ4n) is 3.12. The smallest absolute Gasteiger partial charge is 0.343 e. The predicted molar refractivity (Wildman–Crippen MR) is 134 cm³/mol. The highest BCUT2D eigenvalue weighted by Crippen LogP contribution is 2.19. The van der Waals surface area contributed by atoms with E-state index in [1.54, 1.807) is 36.4 Å². The summed E-state index contributed by atoms with van der Waals surface area (Å²) in [5.41, 5.74) is 2.64. The molecular weight excluding hydrogens is 444 g/mol. The van der Waals surface area contributed by atoms with Crippen molar-refractivity contribution >= 4 is 11.9 Å². The van der Waals surface area contributed by atoms with Crippen LogP contribution in [-0.4, -0.2) is 25.2 Å². The maximum Gasteiger partial charge on any atom is 0.343 e. The molecule has 0 atom stereocenters. The van der Waals surface area contributed by atoms with Gasteiger partial charge in [0.15, 0.2) is 0 Å². The zero-order valence-electron chi connectivity index (χ0n) is 19.9. The van der Waals surface area contributed by atoms with Crippen molar-refractivity contribution in [3.63, 3.8) is 0 Å². The summed E-state index contributed by atoms with van der Waals surface area (Å²) in [6, 6.07) is 22.0. The molecule has 0 fully saturated rings. The van der Waals surface area contributed by atoms with Crippen LogP contribution >= 0.6 is 0 Å². The molecule has 3 rings (SSSR count). The van der Waals surface area contributed by atoms with Crippen LogP contribution in [0.5, 0.6) is 17.2 Å². The number of hydrogen-bond donors (Lipinski definition) is 0. The summed E-state index contributed by atoms with van der Waals surface area (Å²) in [5.74, 6) is 1.13. The Morgan fingerprint density at radius 1 is 0.743 bits per heavy atom. The SMILES string of the molecule is C=CC(=O)OCCCCOc1ccc(COc2ccc(C(=O)Oc3ccc(CC)cc3)cc2)cc1. The maximum absolute atomic E-state index is 12.4. The molecule has 35 heavy (non-hydrogen) atoms. The molecule has 0 saturated heterocycles. The summed E-state index contributed by atoms with van der Waals surface area (Å²) in [6.45, 7) is 6.72. The van der Waals surface area contributed by atoms with Gasteiger partial charge in [0.05, 0.1) is 18.8 Å². The van der Waals surface area contributed by atoms with Crippen LogP contribution in [0.4, 0.5) is 0 Å². The van der Waals surface area contributed by atoms with Gasteiger partial charge in [-0.15, -0.1) is 0 Å². The lowest BCUT2D eigenvalue weighted by molar-refractivity contribution is -0.137. The number of hydrogen-bond acceptors (Lipinski definition) is 6. The van der Waals surface area contributed by atoms with Crippen LogP contribution in [0.2, 0.25) is 0 Å². The molecule has 0 aromatic heterocycles. The minimum atomic E-state index is -0.408. The third kappa shape index (κ3) is 8.66. The highest BCUT2D eigenvalue weighted by Gasteiger charge is 2.09. The van der Waals surface area contributed by atoms with Crippen LogP contribution in [0.15, 0.2) is 85.5 Å². The van der Waals surface area contributed by atoms with Gasteiger partial charge in [-0.25, -0.2) is 9.59 Å². The normalized spacial score (nSPS) is 10.3. The van der Waals surface area contributed by atoms with Gasteiger partial charge in [0.25, 0.3) is 0 Å². The minimum Gasteiger partial charge on any atom is -0.494 e. The highest BCUT2D eigenvalue weighted by molar-refractivity contribution is 5.91. The molecule has 6 heteroatoms. The Morgan fingerprint density at radius 2 is 1.31 bits per heavy atom. The summed E-state index contributed by atoms with van der Waals surface area (Å²) in [7, 11) is 0. The van der Waals surface area contributed by atoms with Gasteiger partial charge in [-0.05, 0) is 78.9 Å². The van der Waals surface area contributed by atoms with E-state index < -0.39 is 11.9 Å². The zero-order chi connectivity index (χ0) is 24.9. The molecule has 0 radical (unpaired) electrons. The van der Waals surface area contributed by atoms with E-state index in [1.807, 2.05) is 36.4 Å². The van der Waals surface area contributed by atoms with Crippen molar-refractivity contribution in [2.24, 2.45) is 0 Å². The Hall–Kier alpha value is -4.06. The van der Waals surface area contributed by atoms with Crippen molar-refractivity contribution in [2.75, 3.05) is 13.2 Å². The molecule has 0 spiro atoms. The molecular formula is C29H30O6. The molecule has 0 aliphatic heterocycles. The summed E-state index contributed by atoms with van der Waals surface area (Å²) >= 11 is 0. The molecule has 0 saturated carbocycles. The van der Waals surface area contributed by atoms with Gasteiger partial charge in [-0.2, -0.15) is 0 Å². The molecule has 6 nitrogen and oxygen atoms in total. The number of carbonyl (C=O) groups excluding carboxylic acids is 2. The first-order valence-electron chi connectivity index (χ1n) is 11.6. The molecule has 0 heterocycles. The van der Waals surface area contributed by atoms with Gasteiger partial charge >= 0.3 is 11.9 Å². The first-order valence-corrected chi connectivity index (χ1v) is 11.6. The average Bonchev–Trinajstić information content (AvgIpc) is 2.90. The van der Waals surface area contributed by atoms with Crippen LogP contribution in [-0.2, 0) is 22.6 Å². The van der Waals surface area contributed by atoms with Gasteiger partial charge in [0.2, 0.25) is 0 Å². The molecule has 0 amide bonds. The van der Waals surface area contributed by atoms with Gasteiger partial charge in [-0.3, -0.25) is 0 Å². The Labute approximate surface area is 206 Å². The average molecular weight is 475 g/mol. The number of carbonyl (C=O) groups is 2. The first-order chi connectivity index (χ1) is 17.1. The molecule has 0 aliphatic rings. The van der Waals surface area contributed by atoms with Crippen molar-refractivity contribution in [1.82, 2.24) is 0 Å². The highest BCUT2D eigenvalue weighted by atomic mass is 16.5. The van der Waals surface area contributed by atoms with E-state index in [4.69, 9.17) is 18.9 Å². The Bertz CT molecular complexity index is 1090. The molecule has 182 valence electrons. The van der Waals surface area contributed by atoms with Gasteiger partial charge in [0, 0.05) is 6.08 Å². The number of esters is 2. The third-order valence-electron chi connectivity index (χ3n) is 5.18. The summed E-state index contributed by atoms with van der Waals surface area (Å²) in [5, 5.41) is 0. The second-order valence-electron chi connectivity index (χ2n) is 7.77. The first kappa shape index (κ1) is 25.6. The lowest BCUT2D eigenvalue weighted by atomic mass is 10.2. The molecule has 3 aromatic rings. The van der Waals surface area contributed by atoms with Gasteiger partial charge < -0.3 is 18.9 Å². The summed E-state index contributed by atoms with van der Waals surface area (Å²) < 4.78 is 21.9. The van der Waals surface area contributed by atoms with Crippen molar-refractivity contribution in [2.45, 2.75) is 32.8 Å². The van der Waals surface area contributed by atoms with Crippen molar-refractivity contribution in [3.8, 4) is 17.2 Å². The van der Waals surface area contributed by atoms with E-state index >= 15 is 0 Å². The van der Waals surface area contributed by atoms with Crippen LogP contribution in [0.25, 0.3) is 0 Å². The van der Waals surface area contributed by atoms with Crippen LogP contribution in [0, 0.1) is 0 Å². The lowest BCUT2D eigenvalue weighted by Crippen LogP contribution is -2.08. The number of ether oxygens (including phenoxy) is 4. The van der Waals surface area contributed by atoms with Gasteiger partial charge in [-0.1, -0.05) is 37.8 Å². The molecule has 0 unspecified atom stereocenters. The third-order valence-corrected chi connectivity index (χ3v) is 5.18. The van der Waals surface area contributed by atoms with E-state index in [2.05, 4.69) is 13.5 Å². The molecule has 3 aromatic carbocycles. The standard InChI is InChI=1S/C29H30O6/c1-3-22-7-15-27(16-8-22)35-29(31)24-11-17-26(18-12-24)34-21-23-9-13-25(14-10-23)32-19-5-6-20-33-28(30)4-2/h4,7-18H,2-3,5-6,19-21H2,1H3. The monoisotopic (exact) mass is 474 g/mol. The quantitative estimate of drug-likeness (QED) is 0.132. The largest absolute Gasteiger partial charge is 0.494 e. The minimum absolute atomic E-state index is 0.361. The number of rotatable bonds is 13. The van der Waals surface area contributed by atoms with Gasteiger partial charge in [0.1, 0.15) is 23.9 Å². The van der Waals surface area contributed by atoms with E-state index in [9.17, 15) is 9.59 Å². The Balaban J connectivity index is 1.38. The lowest BCUT2D eigenvalue weighted by Gasteiger charge is -2.09. The van der Waals surface area contributed by atoms with Crippen LogP contribution < -0.4 is 14.2 Å². The number of aryl methyl sites for hydroxylation is 1. The summed E-state index contributed by atoms with van der Waals surface area (Å²) in [4.78, 5) is 23.3. The van der Waals surface area contributed by atoms with E-state index in [-0.39, 0.29) is 0 Å². The van der Waals surface area contributed by atoms with Crippen molar-refractivity contribution in [1.29, 1.82) is 0 Å². The van der Waals surface area contributed by atoms with Crippen LogP contribution in [0.1, 0.15) is 41.3 Å². The Morgan fingerprint density at radius 3 is 1.97 bits per heavy atom. The van der Waals surface area contributed by atoms with Crippen molar-refractivity contribution < 1.29 is 28.5 Å². The topological polar surface area (TPSA) is 71.1 Å².